The molecule has 5 aliphatic carbocycles. The summed E-state index contributed by atoms with van der Waals surface area (Å²) in [6.45, 7) is 15.9. The lowest BCUT2D eigenvalue weighted by molar-refractivity contribution is -0.256. The highest BCUT2D eigenvalue weighted by Gasteiger charge is 2.74. The second-order valence-corrected chi connectivity index (χ2v) is 17.0. The van der Waals surface area contributed by atoms with Gasteiger partial charge in [0.1, 0.15) is 0 Å². The lowest BCUT2D eigenvalue weighted by Crippen LogP contribution is -2.69. The van der Waals surface area contributed by atoms with Crippen LogP contribution >= 0.6 is 0 Å². The second kappa shape index (κ2) is 11.1. The Morgan fingerprint density at radius 1 is 0.935 bits per heavy atom. The lowest BCUT2D eigenvalue weighted by Gasteiger charge is -2.72. The number of aliphatic carboxylic acids is 1. The number of esters is 1. The Labute approximate surface area is 274 Å². The highest BCUT2D eigenvalue weighted by atomic mass is 16.5. The zero-order valence-electron chi connectivity index (χ0n) is 28.3. The molecule has 0 radical (unpaired) electrons. The smallest absolute Gasteiger partial charge is 0.330 e. The first kappa shape index (κ1) is 33.1. The summed E-state index contributed by atoms with van der Waals surface area (Å²) in [6, 6.07) is 4.36. The summed E-state index contributed by atoms with van der Waals surface area (Å²) in [7, 11) is 0. The minimum atomic E-state index is -0.860. The van der Waals surface area contributed by atoms with Gasteiger partial charge in [-0.3, -0.25) is 4.79 Å². The van der Waals surface area contributed by atoms with Crippen molar-refractivity contribution in [1.82, 2.24) is 0 Å². The Morgan fingerprint density at radius 2 is 1.67 bits per heavy atom. The van der Waals surface area contributed by atoms with E-state index in [1.54, 1.807) is 12.1 Å². The van der Waals surface area contributed by atoms with E-state index in [0.29, 0.717) is 24.3 Å². The fraction of sp³-hybridized carbons (Fsp3) is 0.692. The molecule has 5 aliphatic rings. The first-order valence-corrected chi connectivity index (χ1v) is 17.5. The molecule has 0 aliphatic heterocycles. The van der Waals surface area contributed by atoms with Crippen LogP contribution in [-0.2, 0) is 14.3 Å². The Morgan fingerprint density at radius 3 is 2.35 bits per heavy atom. The predicted octanol–water partition coefficient (Wildman–Crippen LogP) is 7.74. The van der Waals surface area contributed by atoms with Gasteiger partial charge in [-0.15, -0.1) is 0 Å². The van der Waals surface area contributed by atoms with Crippen LogP contribution in [0.1, 0.15) is 104 Å². The average Bonchev–Trinajstić information content (AvgIpc) is 3.39. The van der Waals surface area contributed by atoms with Crippen LogP contribution in [0.4, 0.5) is 0 Å². The van der Waals surface area contributed by atoms with Crippen LogP contribution in [0.15, 0.2) is 36.4 Å². The van der Waals surface area contributed by atoms with Crippen LogP contribution in [0.25, 0.3) is 6.08 Å². The van der Waals surface area contributed by atoms with Gasteiger partial charge in [-0.1, -0.05) is 45.9 Å². The van der Waals surface area contributed by atoms with Gasteiger partial charge in [0.15, 0.2) is 11.5 Å². The summed E-state index contributed by atoms with van der Waals surface area (Å²) in [5.74, 6) is -0.730. The van der Waals surface area contributed by atoms with Gasteiger partial charge in [0.2, 0.25) is 0 Å². The van der Waals surface area contributed by atoms with Crippen molar-refractivity contribution in [2.45, 2.75) is 105 Å². The highest BCUT2D eigenvalue weighted by Crippen LogP contribution is 2.77. The number of fused-ring (bicyclic) bond motifs is 7. The van der Waals surface area contributed by atoms with E-state index in [4.69, 9.17) is 4.74 Å². The number of hydrogen-bond acceptors (Lipinski definition) is 6. The summed E-state index contributed by atoms with van der Waals surface area (Å²) in [6.07, 6.45) is 11.1. The molecular weight excluding hydrogens is 580 g/mol. The van der Waals surface area contributed by atoms with Gasteiger partial charge in [-0.25, -0.2) is 4.79 Å². The fourth-order valence-corrected chi connectivity index (χ4v) is 12.7. The van der Waals surface area contributed by atoms with Crippen molar-refractivity contribution >= 4 is 18.0 Å². The molecule has 10 atom stereocenters. The number of aliphatic hydroxyl groups excluding tert-OH is 1. The number of aromatic hydroxyl groups is 2. The molecule has 4 N–H and O–H groups in total. The van der Waals surface area contributed by atoms with Crippen LogP contribution in [0, 0.1) is 56.7 Å². The van der Waals surface area contributed by atoms with Crippen molar-refractivity contribution in [2.75, 3.05) is 6.61 Å². The van der Waals surface area contributed by atoms with Crippen molar-refractivity contribution in [3.8, 4) is 11.5 Å². The number of aliphatic hydroxyl groups is 1. The maximum absolute atomic E-state index is 13.9. The molecule has 0 aromatic heterocycles. The quantitative estimate of drug-likeness (QED) is 0.109. The molecule has 5 fully saturated rings. The zero-order valence-corrected chi connectivity index (χ0v) is 28.3. The summed E-state index contributed by atoms with van der Waals surface area (Å²) in [5, 5.41) is 41.8. The molecule has 0 amide bonds. The third-order valence-electron chi connectivity index (χ3n) is 14.9. The topological polar surface area (TPSA) is 124 Å². The van der Waals surface area contributed by atoms with E-state index >= 15 is 0 Å². The number of benzene rings is 1. The molecule has 10 unspecified atom stereocenters. The Kier molecular flexibility index (Phi) is 8.02. The van der Waals surface area contributed by atoms with Crippen LogP contribution in [0.3, 0.4) is 0 Å². The van der Waals surface area contributed by atoms with Crippen LogP contribution < -0.4 is 0 Å². The Balaban J connectivity index is 1.31. The Bertz CT molecular complexity index is 1450. The van der Waals surface area contributed by atoms with Gasteiger partial charge in [-0.2, -0.15) is 0 Å². The van der Waals surface area contributed by atoms with Crippen LogP contribution in [-0.4, -0.2) is 45.1 Å². The molecule has 0 bridgehead atoms. The van der Waals surface area contributed by atoms with Crippen LogP contribution in [0.5, 0.6) is 11.5 Å². The zero-order chi connectivity index (χ0) is 33.4. The summed E-state index contributed by atoms with van der Waals surface area (Å²) in [4.78, 5) is 26.9. The first-order valence-electron chi connectivity index (χ1n) is 17.5. The van der Waals surface area contributed by atoms with E-state index in [2.05, 4.69) is 41.2 Å². The number of carboxylic acid groups (broad SMARTS) is 1. The van der Waals surface area contributed by atoms with Crippen molar-refractivity contribution in [1.29, 1.82) is 0 Å². The largest absolute Gasteiger partial charge is 0.504 e. The Hall–Kier alpha value is -2.80. The third kappa shape index (κ3) is 4.61. The maximum atomic E-state index is 13.9. The highest BCUT2D eigenvalue weighted by molar-refractivity contribution is 5.87. The van der Waals surface area contributed by atoms with Crippen molar-refractivity contribution < 1.29 is 34.8 Å². The van der Waals surface area contributed by atoms with Gasteiger partial charge in [0.05, 0.1) is 18.1 Å². The number of rotatable bonds is 6. The number of phenolic OH excluding ortho intramolecular Hbond substituents is 2. The van der Waals surface area contributed by atoms with E-state index in [1.165, 1.54) is 18.2 Å². The molecule has 0 spiro atoms. The minimum Gasteiger partial charge on any atom is -0.504 e. The second-order valence-electron chi connectivity index (χ2n) is 17.0. The number of carbonyl (C=O) groups is 2. The number of hydrogen-bond donors (Lipinski definition) is 4. The summed E-state index contributed by atoms with van der Waals surface area (Å²) in [5.41, 5.74) is -0.0694. The average molecular weight is 635 g/mol. The van der Waals surface area contributed by atoms with Crippen molar-refractivity contribution in [2.24, 2.45) is 56.7 Å². The summed E-state index contributed by atoms with van der Waals surface area (Å²) >= 11 is 0. The first-order chi connectivity index (χ1) is 21.5. The number of carbonyl (C=O) groups excluding carboxylic acids is 1. The third-order valence-corrected chi connectivity index (χ3v) is 14.9. The number of phenols is 2. The molecule has 0 saturated heterocycles. The van der Waals surface area contributed by atoms with Crippen LogP contribution in [0.2, 0.25) is 0 Å². The number of allylic oxidation sites excluding steroid dienone is 1. The van der Waals surface area contributed by atoms with Gasteiger partial charge in [0, 0.05) is 11.5 Å². The molecular formula is C39H54O7. The molecule has 7 nitrogen and oxygen atoms in total. The van der Waals surface area contributed by atoms with Gasteiger partial charge in [0.25, 0.3) is 0 Å². The molecule has 252 valence electrons. The minimum absolute atomic E-state index is 0.0166. The number of carboxylic acids is 1. The molecule has 1 aromatic rings. The fourth-order valence-electron chi connectivity index (χ4n) is 12.7. The van der Waals surface area contributed by atoms with Gasteiger partial charge < -0.3 is 25.2 Å². The van der Waals surface area contributed by atoms with E-state index in [1.807, 2.05) is 0 Å². The molecule has 5 saturated carbocycles. The van der Waals surface area contributed by atoms with E-state index in [0.717, 1.165) is 56.9 Å². The van der Waals surface area contributed by atoms with E-state index < -0.39 is 17.4 Å². The van der Waals surface area contributed by atoms with Gasteiger partial charge in [-0.05, 0) is 141 Å². The van der Waals surface area contributed by atoms with E-state index in [9.17, 15) is 30.0 Å². The lowest BCUT2D eigenvalue weighted by atomic mass is 9.32. The summed E-state index contributed by atoms with van der Waals surface area (Å²) < 4.78 is 5.98. The van der Waals surface area contributed by atoms with Crippen molar-refractivity contribution in [3.63, 3.8) is 0 Å². The number of ether oxygens (including phenoxy) is 1. The molecule has 7 heteroatoms. The molecule has 46 heavy (non-hydrogen) atoms. The van der Waals surface area contributed by atoms with Gasteiger partial charge >= 0.3 is 11.9 Å². The molecule has 6 rings (SSSR count). The van der Waals surface area contributed by atoms with E-state index in [-0.39, 0.29) is 69.5 Å². The standard InChI is InChI=1S/C39H54O7/c1-23(2)25-13-18-38(22-46-32(43)12-8-24-7-10-27(40)28(41)21-24)19-20-39(34(44)45)26(33(25)38)9-11-30-36(5)16-15-31(42)35(3,4)29(36)14-17-37(30,39)6/h7-8,10,12,21,25-26,29-31,33,40-42H,1,9,11,13-20,22H2,2-6H3,(H,44,45). The SMILES string of the molecule is C=C(C)C1CCC2(COC(=O)C=Cc3ccc(O)c(O)c3)CCC3(C(=O)O)C(CCC4C5(C)CCC(O)C(C)(C)C5CCC43C)C12. The van der Waals surface area contributed by atoms with Crippen molar-refractivity contribution in [3.05, 3.63) is 42.0 Å². The maximum Gasteiger partial charge on any atom is 0.330 e. The monoisotopic (exact) mass is 634 g/mol. The predicted molar refractivity (Wildman–Crippen MR) is 177 cm³/mol. The molecule has 1 aromatic carbocycles. The molecule has 0 heterocycles. The normalized spacial score (nSPS) is 42.7.